The number of methoxy groups -OCH3 is 1. The van der Waals surface area contributed by atoms with Gasteiger partial charge in [-0.2, -0.15) is 0 Å². The minimum atomic E-state index is -0.534. The van der Waals surface area contributed by atoms with Crippen LogP contribution in [0, 0.1) is 10.1 Å². The van der Waals surface area contributed by atoms with E-state index < -0.39 is 4.92 Å². The highest BCUT2D eigenvalue weighted by Gasteiger charge is 2.17. The highest BCUT2D eigenvalue weighted by atomic mass is 35.5. The fourth-order valence-electron chi connectivity index (χ4n) is 1.95. The molecule has 0 radical (unpaired) electrons. The number of carbonyl (C=O) groups is 1. The molecule has 5 nitrogen and oxygen atoms in total. The zero-order valence-electron chi connectivity index (χ0n) is 11.2. The highest BCUT2D eigenvalue weighted by molar-refractivity contribution is 6.30. The van der Waals surface area contributed by atoms with Gasteiger partial charge in [0.25, 0.3) is 5.69 Å². The van der Waals surface area contributed by atoms with Crippen molar-refractivity contribution in [2.75, 3.05) is 7.11 Å². The van der Waals surface area contributed by atoms with Gasteiger partial charge >= 0.3 is 0 Å². The zero-order valence-corrected chi connectivity index (χ0v) is 12.0. The predicted octanol–water partition coefficient (Wildman–Crippen LogP) is 3.68. The van der Waals surface area contributed by atoms with E-state index in [1.807, 2.05) is 0 Å². The molecule has 0 aliphatic rings. The van der Waals surface area contributed by atoms with Gasteiger partial charge in [-0.3, -0.25) is 14.9 Å². The largest absolute Gasteiger partial charge is 0.496 e. The van der Waals surface area contributed by atoms with E-state index in [2.05, 4.69) is 0 Å². The Hall–Kier alpha value is -2.40. The summed E-state index contributed by atoms with van der Waals surface area (Å²) in [5, 5.41) is 11.3. The van der Waals surface area contributed by atoms with Crippen LogP contribution in [0.25, 0.3) is 0 Å². The Morgan fingerprint density at radius 1 is 1.29 bits per heavy atom. The second-order valence-electron chi connectivity index (χ2n) is 4.37. The third kappa shape index (κ3) is 3.58. The molecule has 0 bridgehead atoms. The first-order chi connectivity index (χ1) is 10.0. The number of Topliss-reactive ketones (excluding diaryl/α,β-unsaturated/α-hetero) is 1. The summed E-state index contributed by atoms with van der Waals surface area (Å²) < 4.78 is 5.07. The lowest BCUT2D eigenvalue weighted by Gasteiger charge is -2.07. The van der Waals surface area contributed by atoms with Crippen LogP contribution in [0.1, 0.15) is 15.9 Å². The molecule has 0 fully saturated rings. The molecule has 0 atom stereocenters. The SMILES string of the molecule is COc1cc([N+](=O)[O-])ccc1C(=O)Cc1cccc(Cl)c1. The molecule has 0 spiro atoms. The number of ether oxygens (including phenoxy) is 1. The van der Waals surface area contributed by atoms with Gasteiger partial charge < -0.3 is 4.74 Å². The number of benzene rings is 2. The van der Waals surface area contributed by atoms with Gasteiger partial charge in [-0.1, -0.05) is 23.7 Å². The number of non-ortho nitro benzene ring substituents is 1. The predicted molar refractivity (Wildman–Crippen MR) is 79.1 cm³/mol. The Labute approximate surface area is 126 Å². The normalized spacial score (nSPS) is 10.2. The lowest BCUT2D eigenvalue weighted by Crippen LogP contribution is -2.06. The number of carbonyl (C=O) groups excluding carboxylic acids is 1. The van der Waals surface area contributed by atoms with E-state index in [0.717, 1.165) is 5.56 Å². The molecule has 0 aromatic heterocycles. The summed E-state index contributed by atoms with van der Waals surface area (Å²) in [6.45, 7) is 0. The third-order valence-electron chi connectivity index (χ3n) is 2.95. The summed E-state index contributed by atoms with van der Waals surface area (Å²) in [5.74, 6) is 0.000225. The molecule has 0 unspecified atom stereocenters. The Kier molecular flexibility index (Phi) is 4.55. The van der Waals surface area contributed by atoms with Crippen molar-refractivity contribution in [2.45, 2.75) is 6.42 Å². The molecule has 0 amide bonds. The van der Waals surface area contributed by atoms with Crippen LogP contribution in [-0.4, -0.2) is 17.8 Å². The monoisotopic (exact) mass is 305 g/mol. The number of ketones is 1. The van der Waals surface area contributed by atoms with E-state index >= 15 is 0 Å². The standard InChI is InChI=1S/C15H12ClNO4/c1-21-15-9-12(17(19)20)5-6-13(15)14(18)8-10-3-2-4-11(16)7-10/h2-7,9H,8H2,1H3. The van der Waals surface area contributed by atoms with Crippen molar-refractivity contribution in [3.8, 4) is 5.75 Å². The lowest BCUT2D eigenvalue weighted by atomic mass is 10.0. The van der Waals surface area contributed by atoms with Crippen molar-refractivity contribution in [1.82, 2.24) is 0 Å². The van der Waals surface area contributed by atoms with E-state index in [4.69, 9.17) is 16.3 Å². The second kappa shape index (κ2) is 6.37. The second-order valence-corrected chi connectivity index (χ2v) is 4.81. The van der Waals surface area contributed by atoms with Crippen LogP contribution < -0.4 is 4.74 Å². The van der Waals surface area contributed by atoms with Crippen molar-refractivity contribution < 1.29 is 14.5 Å². The molecule has 21 heavy (non-hydrogen) atoms. The van der Waals surface area contributed by atoms with E-state index in [1.165, 1.54) is 25.3 Å². The Balaban J connectivity index is 2.28. The molecular formula is C15H12ClNO4. The fraction of sp³-hybridized carbons (Fsp3) is 0.133. The van der Waals surface area contributed by atoms with E-state index in [0.29, 0.717) is 10.6 Å². The molecule has 6 heteroatoms. The molecule has 2 rings (SSSR count). The van der Waals surface area contributed by atoms with Gasteiger partial charge in [-0.05, 0) is 23.8 Å². The molecule has 2 aromatic carbocycles. The number of hydrogen-bond donors (Lipinski definition) is 0. The van der Waals surface area contributed by atoms with Crippen LogP contribution in [0.5, 0.6) is 5.75 Å². The van der Waals surface area contributed by atoms with Crippen LogP contribution >= 0.6 is 11.6 Å². The van der Waals surface area contributed by atoms with Crippen molar-refractivity contribution >= 4 is 23.1 Å². The van der Waals surface area contributed by atoms with Gasteiger partial charge in [0.2, 0.25) is 0 Å². The van der Waals surface area contributed by atoms with Crippen molar-refractivity contribution in [1.29, 1.82) is 0 Å². The smallest absolute Gasteiger partial charge is 0.273 e. The first-order valence-corrected chi connectivity index (χ1v) is 6.49. The number of nitro groups is 1. The van der Waals surface area contributed by atoms with Crippen molar-refractivity contribution in [2.24, 2.45) is 0 Å². The van der Waals surface area contributed by atoms with Gasteiger partial charge in [0.15, 0.2) is 5.78 Å². The summed E-state index contributed by atoms with van der Waals surface area (Å²) in [7, 11) is 1.37. The van der Waals surface area contributed by atoms with E-state index in [1.54, 1.807) is 24.3 Å². The van der Waals surface area contributed by atoms with Crippen LogP contribution in [0.3, 0.4) is 0 Å². The van der Waals surface area contributed by atoms with Gasteiger partial charge in [-0.15, -0.1) is 0 Å². The quantitative estimate of drug-likeness (QED) is 0.480. The van der Waals surface area contributed by atoms with Crippen molar-refractivity contribution in [3.05, 3.63) is 68.7 Å². The zero-order chi connectivity index (χ0) is 15.4. The average molecular weight is 306 g/mol. The number of nitro benzene ring substituents is 1. The van der Waals surface area contributed by atoms with Crippen LogP contribution in [0.2, 0.25) is 5.02 Å². The molecule has 108 valence electrons. The Morgan fingerprint density at radius 3 is 2.67 bits per heavy atom. The third-order valence-corrected chi connectivity index (χ3v) is 3.19. The number of rotatable bonds is 5. The van der Waals surface area contributed by atoms with Crippen LogP contribution in [0.15, 0.2) is 42.5 Å². The molecule has 0 aliphatic carbocycles. The summed E-state index contributed by atoms with van der Waals surface area (Å²) in [4.78, 5) is 22.5. The minimum Gasteiger partial charge on any atom is -0.496 e. The van der Waals surface area contributed by atoms with E-state index in [-0.39, 0.29) is 23.6 Å². The number of halogens is 1. The van der Waals surface area contributed by atoms with E-state index in [9.17, 15) is 14.9 Å². The maximum absolute atomic E-state index is 12.3. The maximum Gasteiger partial charge on any atom is 0.273 e. The maximum atomic E-state index is 12.3. The summed E-state index contributed by atoms with van der Waals surface area (Å²) in [6.07, 6.45) is 0.148. The van der Waals surface area contributed by atoms with Gasteiger partial charge in [0.1, 0.15) is 5.75 Å². The molecule has 0 N–H and O–H groups in total. The van der Waals surface area contributed by atoms with Crippen LogP contribution in [-0.2, 0) is 6.42 Å². The minimum absolute atomic E-state index is 0.119. The highest BCUT2D eigenvalue weighted by Crippen LogP contribution is 2.26. The van der Waals surface area contributed by atoms with Gasteiger partial charge in [-0.25, -0.2) is 0 Å². The summed E-state index contributed by atoms with van der Waals surface area (Å²) >= 11 is 5.88. The topological polar surface area (TPSA) is 69.4 Å². The molecule has 0 aliphatic heterocycles. The summed E-state index contributed by atoms with van der Waals surface area (Å²) in [6, 6.07) is 10.9. The average Bonchev–Trinajstić information content (AvgIpc) is 2.46. The molecule has 0 saturated carbocycles. The first kappa shape index (κ1) is 15.0. The Bertz CT molecular complexity index is 700. The molecule has 0 saturated heterocycles. The molecule has 0 heterocycles. The Morgan fingerprint density at radius 2 is 2.05 bits per heavy atom. The number of hydrogen-bond acceptors (Lipinski definition) is 4. The molecular weight excluding hydrogens is 294 g/mol. The first-order valence-electron chi connectivity index (χ1n) is 6.11. The summed E-state index contributed by atoms with van der Waals surface area (Å²) in [5.41, 5.74) is 0.960. The van der Waals surface area contributed by atoms with Crippen molar-refractivity contribution in [3.63, 3.8) is 0 Å². The van der Waals surface area contributed by atoms with Crippen LogP contribution in [0.4, 0.5) is 5.69 Å². The lowest BCUT2D eigenvalue weighted by molar-refractivity contribution is -0.384. The fourth-order valence-corrected chi connectivity index (χ4v) is 2.16. The van der Waals surface area contributed by atoms with Gasteiger partial charge in [0, 0.05) is 17.5 Å². The van der Waals surface area contributed by atoms with Gasteiger partial charge in [0.05, 0.1) is 23.7 Å². The molecule has 2 aromatic rings. The number of nitrogens with zero attached hydrogens (tertiary/aromatic N) is 1.